The number of hydrogen-bond acceptors (Lipinski definition) is 6. The molecule has 7 nitrogen and oxygen atoms in total. The third-order valence-corrected chi connectivity index (χ3v) is 6.40. The van der Waals surface area contributed by atoms with Crippen LogP contribution in [-0.4, -0.2) is 58.4 Å². The van der Waals surface area contributed by atoms with Gasteiger partial charge >= 0.3 is 0 Å². The molecule has 0 spiro atoms. The van der Waals surface area contributed by atoms with Gasteiger partial charge in [-0.05, 0) is 61.0 Å². The summed E-state index contributed by atoms with van der Waals surface area (Å²) in [6, 6.07) is 21.7. The Labute approximate surface area is 217 Å². The zero-order valence-electron chi connectivity index (χ0n) is 21.1. The molecule has 4 aromatic rings. The fourth-order valence-electron chi connectivity index (χ4n) is 4.30. The van der Waals surface area contributed by atoms with Crippen LogP contribution in [0.25, 0.3) is 10.9 Å². The molecule has 0 unspecified atom stereocenters. The van der Waals surface area contributed by atoms with E-state index in [4.69, 9.17) is 4.74 Å². The minimum Gasteiger partial charge on any atom is -0.457 e. The summed E-state index contributed by atoms with van der Waals surface area (Å²) in [7, 11) is 0. The molecule has 1 amide bonds. The smallest absolute Gasteiger partial charge is 0.219 e. The largest absolute Gasteiger partial charge is 0.457 e. The SMILES string of the molecule is CC(=O)N1CCN(CC#Cc2ccc3ncnc(Nc4ccc(Oc5ccccc5)c(C)c4)c3c2)CC1. The molecular formula is C30H29N5O2. The number of benzene rings is 3. The van der Waals surface area contributed by atoms with Crippen LogP contribution >= 0.6 is 0 Å². The summed E-state index contributed by atoms with van der Waals surface area (Å²) in [5.74, 6) is 9.04. The number of aromatic nitrogens is 2. The second kappa shape index (κ2) is 11.1. The number of hydrogen-bond donors (Lipinski definition) is 1. The molecule has 186 valence electrons. The van der Waals surface area contributed by atoms with E-state index in [1.165, 1.54) is 0 Å². The third-order valence-electron chi connectivity index (χ3n) is 6.40. The normalized spacial score (nSPS) is 13.6. The van der Waals surface area contributed by atoms with Gasteiger partial charge in [-0.2, -0.15) is 0 Å². The first-order valence-electron chi connectivity index (χ1n) is 12.4. The number of para-hydroxylation sites is 1. The van der Waals surface area contributed by atoms with Crippen molar-refractivity contribution in [1.29, 1.82) is 0 Å². The monoisotopic (exact) mass is 491 g/mol. The van der Waals surface area contributed by atoms with Crippen molar-refractivity contribution in [2.24, 2.45) is 0 Å². The number of rotatable bonds is 5. The van der Waals surface area contributed by atoms with Gasteiger partial charge in [0.25, 0.3) is 0 Å². The van der Waals surface area contributed by atoms with E-state index in [0.717, 1.165) is 71.2 Å². The molecule has 37 heavy (non-hydrogen) atoms. The molecule has 3 aromatic carbocycles. The van der Waals surface area contributed by atoms with Gasteiger partial charge in [0.1, 0.15) is 23.6 Å². The zero-order chi connectivity index (χ0) is 25.6. The maximum absolute atomic E-state index is 11.5. The minimum atomic E-state index is 0.139. The Morgan fingerprint density at radius 3 is 2.57 bits per heavy atom. The molecule has 2 heterocycles. The summed E-state index contributed by atoms with van der Waals surface area (Å²) >= 11 is 0. The summed E-state index contributed by atoms with van der Waals surface area (Å²) in [6.07, 6.45) is 1.57. The van der Waals surface area contributed by atoms with Crippen LogP contribution in [0.1, 0.15) is 18.1 Å². The summed E-state index contributed by atoms with van der Waals surface area (Å²) in [5, 5.41) is 4.34. The van der Waals surface area contributed by atoms with E-state index in [2.05, 4.69) is 32.0 Å². The number of nitrogens with one attached hydrogen (secondary N) is 1. The maximum Gasteiger partial charge on any atom is 0.219 e. The van der Waals surface area contributed by atoms with E-state index in [-0.39, 0.29) is 5.91 Å². The van der Waals surface area contributed by atoms with Crippen molar-refractivity contribution in [2.45, 2.75) is 13.8 Å². The van der Waals surface area contributed by atoms with Crippen LogP contribution < -0.4 is 10.1 Å². The van der Waals surface area contributed by atoms with Gasteiger partial charge in [0.2, 0.25) is 5.91 Å². The fourth-order valence-corrected chi connectivity index (χ4v) is 4.30. The predicted octanol–water partition coefficient (Wildman–Crippen LogP) is 4.99. The van der Waals surface area contributed by atoms with Crippen LogP contribution in [0.3, 0.4) is 0 Å². The molecule has 7 heteroatoms. The van der Waals surface area contributed by atoms with Gasteiger partial charge in [-0.1, -0.05) is 30.0 Å². The van der Waals surface area contributed by atoms with Gasteiger partial charge in [-0.15, -0.1) is 0 Å². The van der Waals surface area contributed by atoms with E-state index in [1.54, 1.807) is 13.3 Å². The van der Waals surface area contributed by atoms with Crippen molar-refractivity contribution in [3.63, 3.8) is 0 Å². The first-order valence-corrected chi connectivity index (χ1v) is 12.4. The van der Waals surface area contributed by atoms with Crippen LogP contribution in [0.5, 0.6) is 11.5 Å². The number of aryl methyl sites for hydroxylation is 1. The van der Waals surface area contributed by atoms with Crippen molar-refractivity contribution < 1.29 is 9.53 Å². The first-order chi connectivity index (χ1) is 18.0. The Morgan fingerprint density at radius 2 is 1.81 bits per heavy atom. The first kappa shape index (κ1) is 24.3. The molecule has 0 atom stereocenters. The zero-order valence-corrected chi connectivity index (χ0v) is 21.1. The average molecular weight is 492 g/mol. The topological polar surface area (TPSA) is 70.6 Å². The molecule has 0 radical (unpaired) electrons. The third kappa shape index (κ3) is 6.05. The van der Waals surface area contributed by atoms with Gasteiger partial charge in [-0.25, -0.2) is 9.97 Å². The number of ether oxygens (including phenoxy) is 1. The highest BCUT2D eigenvalue weighted by Crippen LogP contribution is 2.30. The van der Waals surface area contributed by atoms with Crippen LogP contribution in [0, 0.1) is 18.8 Å². The molecule has 1 aliphatic rings. The lowest BCUT2D eigenvalue weighted by Crippen LogP contribution is -2.47. The second-order valence-corrected chi connectivity index (χ2v) is 9.06. The highest BCUT2D eigenvalue weighted by atomic mass is 16.5. The number of nitrogens with zero attached hydrogens (tertiary/aromatic N) is 4. The van der Waals surface area contributed by atoms with E-state index in [0.29, 0.717) is 6.54 Å². The number of anilines is 2. The second-order valence-electron chi connectivity index (χ2n) is 9.06. The Bertz CT molecular complexity index is 1470. The molecule has 1 saturated heterocycles. The van der Waals surface area contributed by atoms with Crippen LogP contribution in [-0.2, 0) is 4.79 Å². The fraction of sp³-hybridized carbons (Fsp3) is 0.233. The van der Waals surface area contributed by atoms with Crippen molar-refractivity contribution in [1.82, 2.24) is 19.8 Å². The molecule has 0 bridgehead atoms. The van der Waals surface area contributed by atoms with Gasteiger partial charge in [0.05, 0.1) is 12.1 Å². The Morgan fingerprint density at radius 1 is 1.00 bits per heavy atom. The van der Waals surface area contributed by atoms with Gasteiger partial charge in [-0.3, -0.25) is 9.69 Å². The van der Waals surface area contributed by atoms with Gasteiger partial charge in [0.15, 0.2) is 0 Å². The summed E-state index contributed by atoms with van der Waals surface area (Å²) in [4.78, 5) is 24.6. The lowest BCUT2D eigenvalue weighted by atomic mass is 10.1. The van der Waals surface area contributed by atoms with E-state index < -0.39 is 0 Å². The number of fused-ring (bicyclic) bond motifs is 1. The van der Waals surface area contributed by atoms with Crippen LogP contribution in [0.4, 0.5) is 11.5 Å². The summed E-state index contributed by atoms with van der Waals surface area (Å²) < 4.78 is 6.01. The van der Waals surface area contributed by atoms with E-state index in [9.17, 15) is 4.79 Å². The minimum absolute atomic E-state index is 0.139. The predicted molar refractivity (Wildman–Crippen MR) is 146 cm³/mol. The summed E-state index contributed by atoms with van der Waals surface area (Å²) in [6.45, 7) is 7.55. The van der Waals surface area contributed by atoms with Gasteiger partial charge < -0.3 is 15.0 Å². The van der Waals surface area contributed by atoms with Crippen molar-refractivity contribution in [3.8, 4) is 23.3 Å². The number of piperazine rings is 1. The quantitative estimate of drug-likeness (QED) is 0.397. The Kier molecular flexibility index (Phi) is 7.29. The molecule has 1 aromatic heterocycles. The average Bonchev–Trinajstić information content (AvgIpc) is 2.91. The van der Waals surface area contributed by atoms with Crippen molar-refractivity contribution >= 4 is 28.3 Å². The van der Waals surface area contributed by atoms with Gasteiger partial charge in [0, 0.05) is 49.7 Å². The standard InChI is InChI=1S/C30H29N5O2/c1-22-19-25(11-13-29(22)37-26-8-4-3-5-9-26)33-30-27-20-24(10-12-28(27)31-21-32-30)7-6-14-34-15-17-35(18-16-34)23(2)36/h3-5,8-13,19-21H,14-18H2,1-2H3,(H,31,32,33). The van der Waals surface area contributed by atoms with Crippen LogP contribution in [0.2, 0.25) is 0 Å². The molecule has 0 aliphatic carbocycles. The van der Waals surface area contributed by atoms with Crippen molar-refractivity contribution in [3.05, 3.63) is 84.2 Å². The molecule has 1 N–H and O–H groups in total. The molecule has 0 saturated carbocycles. The maximum atomic E-state index is 11.5. The number of carbonyl (C=O) groups is 1. The summed E-state index contributed by atoms with van der Waals surface area (Å²) in [5.41, 5.74) is 3.70. The molecule has 1 fully saturated rings. The van der Waals surface area contributed by atoms with E-state index >= 15 is 0 Å². The lowest BCUT2D eigenvalue weighted by molar-refractivity contribution is -0.130. The van der Waals surface area contributed by atoms with Crippen LogP contribution in [0.15, 0.2) is 73.1 Å². The molecule has 1 aliphatic heterocycles. The van der Waals surface area contributed by atoms with Crippen molar-refractivity contribution in [2.75, 3.05) is 38.0 Å². The molecule has 5 rings (SSSR count). The highest BCUT2D eigenvalue weighted by Gasteiger charge is 2.17. The van der Waals surface area contributed by atoms with E-state index in [1.807, 2.05) is 78.6 Å². The highest BCUT2D eigenvalue weighted by molar-refractivity contribution is 5.91. The Hall–Kier alpha value is -4.41. The Balaban J connectivity index is 1.29. The molecular weight excluding hydrogens is 462 g/mol. The lowest BCUT2D eigenvalue weighted by Gasteiger charge is -2.32. The number of carbonyl (C=O) groups excluding carboxylic acids is 1. The number of amides is 1.